The van der Waals surface area contributed by atoms with Gasteiger partial charge in [0.15, 0.2) is 18.6 Å². The van der Waals surface area contributed by atoms with Crippen LogP contribution in [0.25, 0.3) is 0 Å². The van der Waals surface area contributed by atoms with E-state index in [-0.39, 0.29) is 12.2 Å². The van der Waals surface area contributed by atoms with Crippen LogP contribution < -0.4 is 0 Å². The summed E-state index contributed by atoms with van der Waals surface area (Å²) < 4.78 is 20.9. The van der Waals surface area contributed by atoms with E-state index in [4.69, 9.17) is 36.9 Å². The summed E-state index contributed by atoms with van der Waals surface area (Å²) in [4.78, 5) is 4.45. The smallest absolute Gasteiger partial charge is 0.194 e. The monoisotopic (exact) mass is 354 g/mol. The highest BCUT2D eigenvalue weighted by atomic mass is 35.5. The topological polar surface area (TPSA) is 46.2 Å². The SMILES string of the molecule is COOSOCC(CC1OCCO1)c1ccc(Cl)c(Cl)c1. The van der Waals surface area contributed by atoms with Crippen molar-refractivity contribution in [3.05, 3.63) is 33.8 Å². The van der Waals surface area contributed by atoms with Gasteiger partial charge in [0, 0.05) is 12.3 Å². The fraction of sp³-hybridized carbons (Fsp3) is 0.538. The molecule has 8 heteroatoms. The number of hydrogen-bond acceptors (Lipinski definition) is 6. The second kappa shape index (κ2) is 9.17. The average molecular weight is 355 g/mol. The third kappa shape index (κ3) is 5.58. The highest BCUT2D eigenvalue weighted by molar-refractivity contribution is 7.89. The van der Waals surface area contributed by atoms with Gasteiger partial charge in [0.25, 0.3) is 0 Å². The molecule has 1 saturated heterocycles. The Bertz CT molecular complexity index is 443. The van der Waals surface area contributed by atoms with Crippen molar-refractivity contribution in [2.45, 2.75) is 18.6 Å². The molecule has 1 atom stereocenters. The van der Waals surface area contributed by atoms with Crippen LogP contribution in [0.4, 0.5) is 0 Å². The number of rotatable bonds is 8. The van der Waals surface area contributed by atoms with Crippen molar-refractivity contribution in [2.75, 3.05) is 26.9 Å². The second-order valence-electron chi connectivity index (χ2n) is 4.36. The molecule has 118 valence electrons. The van der Waals surface area contributed by atoms with Crippen molar-refractivity contribution in [3.63, 3.8) is 0 Å². The Kier molecular flexibility index (Phi) is 7.56. The Morgan fingerprint density at radius 3 is 2.71 bits per heavy atom. The highest BCUT2D eigenvalue weighted by Gasteiger charge is 2.23. The Hall–Kier alpha value is -0.0500. The molecule has 21 heavy (non-hydrogen) atoms. The fourth-order valence-corrected chi connectivity index (χ4v) is 2.62. The molecular formula is C13H16Cl2O5S. The molecule has 0 N–H and O–H groups in total. The van der Waals surface area contributed by atoms with Crippen molar-refractivity contribution >= 4 is 35.5 Å². The van der Waals surface area contributed by atoms with Crippen LogP contribution in [0, 0.1) is 0 Å². The van der Waals surface area contributed by atoms with Gasteiger partial charge < -0.3 is 9.47 Å². The summed E-state index contributed by atoms with van der Waals surface area (Å²) in [5.41, 5.74) is 1.00. The first-order chi connectivity index (χ1) is 10.2. The lowest BCUT2D eigenvalue weighted by atomic mass is 9.96. The zero-order valence-electron chi connectivity index (χ0n) is 11.4. The van der Waals surface area contributed by atoms with Gasteiger partial charge in [-0.15, -0.1) is 4.33 Å². The molecule has 1 fully saturated rings. The molecule has 1 unspecified atom stereocenters. The van der Waals surface area contributed by atoms with Crippen LogP contribution in [0.1, 0.15) is 17.9 Å². The molecule has 0 aliphatic carbocycles. The summed E-state index contributed by atoms with van der Waals surface area (Å²) in [6.07, 6.45) is 0.423. The van der Waals surface area contributed by atoms with E-state index in [9.17, 15) is 0 Å². The van der Waals surface area contributed by atoms with Gasteiger partial charge in [-0.2, -0.15) is 0 Å². The largest absolute Gasteiger partial charge is 0.350 e. The van der Waals surface area contributed by atoms with Gasteiger partial charge in [-0.3, -0.25) is 4.18 Å². The molecule has 0 bridgehead atoms. The van der Waals surface area contributed by atoms with Crippen LogP contribution in [0.15, 0.2) is 18.2 Å². The van der Waals surface area contributed by atoms with Crippen molar-refractivity contribution in [3.8, 4) is 0 Å². The van der Waals surface area contributed by atoms with E-state index in [0.29, 0.717) is 36.3 Å². The van der Waals surface area contributed by atoms with E-state index >= 15 is 0 Å². The molecule has 1 aromatic carbocycles. The Balaban J connectivity index is 2.00. The zero-order valence-corrected chi connectivity index (χ0v) is 13.7. The lowest BCUT2D eigenvalue weighted by Gasteiger charge is -2.20. The van der Waals surface area contributed by atoms with Crippen LogP contribution >= 0.6 is 35.5 Å². The zero-order chi connectivity index (χ0) is 15.1. The van der Waals surface area contributed by atoms with Crippen LogP contribution in [0.5, 0.6) is 0 Å². The number of benzene rings is 1. The second-order valence-corrected chi connectivity index (χ2v) is 5.69. The van der Waals surface area contributed by atoms with E-state index in [1.807, 2.05) is 12.1 Å². The normalized spacial score (nSPS) is 17.3. The molecule has 0 saturated carbocycles. The van der Waals surface area contributed by atoms with Crippen LogP contribution in [0.2, 0.25) is 10.0 Å². The fourth-order valence-electron chi connectivity index (χ4n) is 2.00. The van der Waals surface area contributed by atoms with Gasteiger partial charge in [-0.25, -0.2) is 4.89 Å². The molecule has 0 spiro atoms. The van der Waals surface area contributed by atoms with Gasteiger partial charge in [-0.05, 0) is 17.7 Å². The van der Waals surface area contributed by atoms with E-state index in [2.05, 4.69) is 9.22 Å². The first-order valence-corrected chi connectivity index (χ1v) is 7.80. The van der Waals surface area contributed by atoms with Gasteiger partial charge >= 0.3 is 0 Å². The third-order valence-electron chi connectivity index (χ3n) is 3.00. The third-order valence-corrected chi connectivity index (χ3v) is 4.16. The molecule has 2 rings (SSSR count). The molecule has 1 aliphatic heterocycles. The van der Waals surface area contributed by atoms with E-state index < -0.39 is 0 Å². The molecule has 1 aromatic rings. The molecule has 5 nitrogen and oxygen atoms in total. The Morgan fingerprint density at radius 1 is 1.29 bits per heavy atom. The predicted molar refractivity (Wildman–Crippen MR) is 81.1 cm³/mol. The average Bonchev–Trinajstić information content (AvgIpc) is 2.98. The van der Waals surface area contributed by atoms with Gasteiger partial charge in [0.2, 0.25) is 0 Å². The van der Waals surface area contributed by atoms with E-state index in [0.717, 1.165) is 17.9 Å². The minimum absolute atomic E-state index is 0.0378. The minimum atomic E-state index is -0.235. The molecule has 1 heterocycles. The summed E-state index contributed by atoms with van der Waals surface area (Å²) in [5, 5.41) is 1.03. The van der Waals surface area contributed by atoms with Gasteiger partial charge in [-0.1, -0.05) is 29.3 Å². The van der Waals surface area contributed by atoms with Crippen LogP contribution in [-0.4, -0.2) is 33.2 Å². The van der Waals surface area contributed by atoms with Crippen molar-refractivity contribution in [1.29, 1.82) is 0 Å². The first-order valence-electron chi connectivity index (χ1n) is 6.38. The maximum atomic E-state index is 6.07. The Morgan fingerprint density at radius 2 is 2.05 bits per heavy atom. The lowest BCUT2D eigenvalue weighted by molar-refractivity contribution is -0.167. The minimum Gasteiger partial charge on any atom is -0.350 e. The maximum absolute atomic E-state index is 6.07. The first kappa shape index (κ1) is 17.3. The number of ether oxygens (including phenoxy) is 2. The summed E-state index contributed by atoms with van der Waals surface area (Å²) in [5.74, 6) is 0.0378. The Labute approximate surface area is 138 Å². The summed E-state index contributed by atoms with van der Waals surface area (Å²) >= 11 is 12.8. The predicted octanol–water partition coefficient (Wildman–Crippen LogP) is 4.00. The van der Waals surface area contributed by atoms with Crippen LogP contribution in [-0.2, 0) is 22.9 Å². The van der Waals surface area contributed by atoms with E-state index in [1.54, 1.807) is 6.07 Å². The van der Waals surface area contributed by atoms with Crippen molar-refractivity contribution in [2.24, 2.45) is 0 Å². The quantitative estimate of drug-likeness (QED) is 0.304. The van der Waals surface area contributed by atoms with Crippen molar-refractivity contribution < 1.29 is 22.9 Å². The van der Waals surface area contributed by atoms with Crippen LogP contribution in [0.3, 0.4) is 0 Å². The highest BCUT2D eigenvalue weighted by Crippen LogP contribution is 2.31. The van der Waals surface area contributed by atoms with Gasteiger partial charge in [0.1, 0.15) is 0 Å². The standard InChI is InChI=1S/C13H16Cl2O5S/c1-16-20-21-19-8-10(7-13-17-4-5-18-13)9-2-3-11(14)12(15)6-9/h2-3,6,10,13H,4-5,7-8H2,1H3. The molecule has 0 aromatic heterocycles. The summed E-state index contributed by atoms with van der Waals surface area (Å²) in [6.45, 7) is 1.62. The summed E-state index contributed by atoms with van der Waals surface area (Å²) in [6, 6.07) is 5.51. The number of hydrogen-bond donors (Lipinski definition) is 0. The number of halogens is 2. The molecule has 0 amide bonds. The molecule has 1 aliphatic rings. The maximum Gasteiger partial charge on any atom is 0.194 e. The molecular weight excluding hydrogens is 339 g/mol. The van der Waals surface area contributed by atoms with E-state index in [1.165, 1.54) is 7.11 Å². The van der Waals surface area contributed by atoms with Gasteiger partial charge in [0.05, 0.1) is 37.0 Å². The lowest BCUT2D eigenvalue weighted by Crippen LogP contribution is -2.16. The summed E-state index contributed by atoms with van der Waals surface area (Å²) in [7, 11) is 1.41. The van der Waals surface area contributed by atoms with Crippen molar-refractivity contribution in [1.82, 2.24) is 0 Å². The molecule has 0 radical (unpaired) electrons.